The van der Waals surface area contributed by atoms with Crippen molar-refractivity contribution in [2.45, 2.75) is 13.0 Å². The third-order valence-corrected chi connectivity index (χ3v) is 5.09. The highest BCUT2D eigenvalue weighted by Gasteiger charge is 2.24. The van der Waals surface area contributed by atoms with Gasteiger partial charge in [-0.3, -0.25) is 15.0 Å². The molecule has 0 N–H and O–H groups in total. The molecular weight excluding hydrogens is 344 g/mol. The fourth-order valence-electron chi connectivity index (χ4n) is 3.47. The lowest BCUT2D eigenvalue weighted by molar-refractivity contribution is -0.384. The van der Waals surface area contributed by atoms with Crippen LogP contribution in [-0.2, 0) is 0 Å². The van der Waals surface area contributed by atoms with Crippen LogP contribution in [0.3, 0.4) is 0 Å². The molecule has 2 aromatic carbocycles. The van der Waals surface area contributed by atoms with E-state index in [-0.39, 0.29) is 11.7 Å². The van der Waals surface area contributed by atoms with E-state index in [2.05, 4.69) is 34.9 Å². The number of ether oxygens (including phenoxy) is 1. The molecule has 1 fully saturated rings. The number of hydrogen-bond donors (Lipinski definition) is 0. The summed E-state index contributed by atoms with van der Waals surface area (Å²) in [7, 11) is 1.67. The first-order valence-electron chi connectivity index (χ1n) is 8.85. The molecule has 0 aromatic heterocycles. The highest BCUT2D eigenvalue weighted by Crippen LogP contribution is 2.29. The van der Waals surface area contributed by atoms with Crippen molar-refractivity contribution in [3.8, 4) is 11.8 Å². The quantitative estimate of drug-likeness (QED) is 0.596. The van der Waals surface area contributed by atoms with Crippen LogP contribution in [0.1, 0.15) is 24.1 Å². The zero-order chi connectivity index (χ0) is 19.4. The topological polar surface area (TPSA) is 82.6 Å². The standard InChI is InChI=1S/C20H22N4O3/c1-15(16-4-3-5-19(13-16)27-2)22-8-10-23(11-9-22)20-7-6-18(24(25)26)12-17(20)14-21/h3-7,12-13,15H,8-11H2,1-2H3. The average Bonchev–Trinajstić information content (AvgIpc) is 2.72. The van der Waals surface area contributed by atoms with Gasteiger partial charge in [-0.25, -0.2) is 0 Å². The summed E-state index contributed by atoms with van der Waals surface area (Å²) in [5, 5.41) is 20.3. The normalized spacial score (nSPS) is 15.8. The Morgan fingerprint density at radius 3 is 2.56 bits per heavy atom. The van der Waals surface area contributed by atoms with E-state index in [9.17, 15) is 15.4 Å². The zero-order valence-electron chi connectivity index (χ0n) is 15.5. The van der Waals surface area contributed by atoms with Crippen molar-refractivity contribution in [3.05, 3.63) is 63.7 Å². The molecule has 0 radical (unpaired) electrons. The van der Waals surface area contributed by atoms with Crippen LogP contribution in [0.4, 0.5) is 11.4 Å². The molecule has 7 nitrogen and oxygen atoms in total. The minimum absolute atomic E-state index is 0.0550. The fourth-order valence-corrected chi connectivity index (χ4v) is 3.47. The lowest BCUT2D eigenvalue weighted by atomic mass is 10.1. The van der Waals surface area contributed by atoms with E-state index >= 15 is 0 Å². The van der Waals surface area contributed by atoms with Gasteiger partial charge in [0.25, 0.3) is 5.69 Å². The van der Waals surface area contributed by atoms with Crippen LogP contribution in [0.25, 0.3) is 0 Å². The third-order valence-electron chi connectivity index (χ3n) is 5.09. The number of non-ortho nitro benzene ring substituents is 1. The first kappa shape index (κ1) is 18.7. The smallest absolute Gasteiger partial charge is 0.270 e. The van der Waals surface area contributed by atoms with Crippen molar-refractivity contribution in [3.63, 3.8) is 0 Å². The molecule has 1 aliphatic rings. The Bertz CT molecular complexity index is 870. The second-order valence-corrected chi connectivity index (χ2v) is 6.55. The monoisotopic (exact) mass is 366 g/mol. The number of rotatable bonds is 5. The molecule has 1 heterocycles. The maximum absolute atomic E-state index is 10.9. The number of piperazine rings is 1. The number of nitro benzene ring substituents is 1. The van der Waals surface area contributed by atoms with Crippen molar-refractivity contribution < 1.29 is 9.66 Å². The van der Waals surface area contributed by atoms with Gasteiger partial charge in [0, 0.05) is 44.4 Å². The number of methoxy groups -OCH3 is 1. The summed E-state index contributed by atoms with van der Waals surface area (Å²) in [6.45, 7) is 5.40. The molecule has 0 spiro atoms. The average molecular weight is 366 g/mol. The van der Waals surface area contributed by atoms with Gasteiger partial charge in [0.2, 0.25) is 0 Å². The molecule has 27 heavy (non-hydrogen) atoms. The minimum Gasteiger partial charge on any atom is -0.497 e. The van der Waals surface area contributed by atoms with E-state index < -0.39 is 4.92 Å². The van der Waals surface area contributed by atoms with Gasteiger partial charge >= 0.3 is 0 Å². The summed E-state index contributed by atoms with van der Waals surface area (Å²) in [5.74, 6) is 0.850. The predicted molar refractivity (Wildman–Crippen MR) is 103 cm³/mol. The molecule has 0 aliphatic carbocycles. The number of hydrogen-bond acceptors (Lipinski definition) is 6. The van der Waals surface area contributed by atoms with Crippen LogP contribution in [-0.4, -0.2) is 43.1 Å². The Morgan fingerprint density at radius 1 is 1.19 bits per heavy atom. The van der Waals surface area contributed by atoms with Crippen molar-refractivity contribution >= 4 is 11.4 Å². The number of anilines is 1. The van der Waals surface area contributed by atoms with E-state index in [0.29, 0.717) is 5.56 Å². The molecule has 1 unspecified atom stereocenters. The molecule has 1 atom stereocenters. The Kier molecular flexibility index (Phi) is 5.57. The molecule has 1 aliphatic heterocycles. The molecule has 7 heteroatoms. The van der Waals surface area contributed by atoms with E-state index in [0.717, 1.165) is 37.6 Å². The van der Waals surface area contributed by atoms with Gasteiger partial charge in [0.05, 0.1) is 23.3 Å². The molecular formula is C20H22N4O3. The van der Waals surface area contributed by atoms with Gasteiger partial charge in [-0.05, 0) is 30.7 Å². The fraction of sp³-hybridized carbons (Fsp3) is 0.350. The largest absolute Gasteiger partial charge is 0.497 e. The summed E-state index contributed by atoms with van der Waals surface area (Å²) >= 11 is 0. The molecule has 2 aromatic rings. The summed E-state index contributed by atoms with van der Waals surface area (Å²) < 4.78 is 5.31. The van der Waals surface area contributed by atoms with Crippen LogP contribution >= 0.6 is 0 Å². The molecule has 3 rings (SSSR count). The van der Waals surface area contributed by atoms with Crippen LogP contribution in [0.5, 0.6) is 5.75 Å². The van der Waals surface area contributed by atoms with Gasteiger partial charge in [-0.1, -0.05) is 12.1 Å². The highest BCUT2D eigenvalue weighted by molar-refractivity contribution is 5.63. The second kappa shape index (κ2) is 8.06. The van der Waals surface area contributed by atoms with E-state index in [1.807, 2.05) is 12.1 Å². The molecule has 0 saturated carbocycles. The summed E-state index contributed by atoms with van der Waals surface area (Å²) in [4.78, 5) is 15.0. The lowest BCUT2D eigenvalue weighted by Crippen LogP contribution is -2.47. The summed E-state index contributed by atoms with van der Waals surface area (Å²) in [6.07, 6.45) is 0. The third kappa shape index (κ3) is 4.01. The van der Waals surface area contributed by atoms with Crippen molar-refractivity contribution in [2.24, 2.45) is 0 Å². The first-order chi connectivity index (χ1) is 13.0. The van der Waals surface area contributed by atoms with Gasteiger partial charge < -0.3 is 9.64 Å². The van der Waals surface area contributed by atoms with Crippen LogP contribution < -0.4 is 9.64 Å². The molecule has 140 valence electrons. The Balaban J connectivity index is 1.70. The lowest BCUT2D eigenvalue weighted by Gasteiger charge is -2.39. The number of nitro groups is 1. The number of nitrogens with zero attached hydrogens (tertiary/aromatic N) is 4. The van der Waals surface area contributed by atoms with Crippen LogP contribution in [0.2, 0.25) is 0 Å². The Morgan fingerprint density at radius 2 is 1.93 bits per heavy atom. The summed E-state index contributed by atoms with van der Waals surface area (Å²) in [5.41, 5.74) is 2.26. The first-order valence-corrected chi connectivity index (χ1v) is 8.85. The SMILES string of the molecule is COc1cccc(C(C)N2CCN(c3ccc([N+](=O)[O-])cc3C#N)CC2)c1. The number of benzene rings is 2. The molecule has 0 amide bonds. The van der Waals surface area contributed by atoms with Gasteiger partial charge in [-0.2, -0.15) is 5.26 Å². The highest BCUT2D eigenvalue weighted by atomic mass is 16.6. The maximum atomic E-state index is 10.9. The number of nitriles is 1. The van der Waals surface area contributed by atoms with Crippen molar-refractivity contribution in [2.75, 3.05) is 38.2 Å². The zero-order valence-corrected chi connectivity index (χ0v) is 15.5. The predicted octanol–water partition coefficient (Wildman–Crippen LogP) is 3.36. The van der Waals surface area contributed by atoms with Crippen molar-refractivity contribution in [1.29, 1.82) is 5.26 Å². The summed E-state index contributed by atoms with van der Waals surface area (Å²) in [6, 6.07) is 14.9. The van der Waals surface area contributed by atoms with Crippen LogP contribution in [0.15, 0.2) is 42.5 Å². The van der Waals surface area contributed by atoms with E-state index in [1.165, 1.54) is 17.7 Å². The second-order valence-electron chi connectivity index (χ2n) is 6.55. The Hall–Kier alpha value is -3.11. The molecule has 0 bridgehead atoms. The molecule has 1 saturated heterocycles. The van der Waals surface area contributed by atoms with Gasteiger partial charge in [0.1, 0.15) is 11.8 Å². The maximum Gasteiger partial charge on any atom is 0.270 e. The minimum atomic E-state index is -0.474. The van der Waals surface area contributed by atoms with Gasteiger partial charge in [0.15, 0.2) is 0 Å². The van der Waals surface area contributed by atoms with Crippen LogP contribution in [0, 0.1) is 21.4 Å². The van der Waals surface area contributed by atoms with E-state index in [4.69, 9.17) is 4.74 Å². The van der Waals surface area contributed by atoms with Gasteiger partial charge in [-0.15, -0.1) is 0 Å². The van der Waals surface area contributed by atoms with E-state index in [1.54, 1.807) is 13.2 Å². The Labute approximate surface area is 158 Å². The van der Waals surface area contributed by atoms with Crippen molar-refractivity contribution in [1.82, 2.24) is 4.90 Å².